The number of H-pyrrole nitrogens is 1. The predicted octanol–water partition coefficient (Wildman–Crippen LogP) is 3.40. The van der Waals surface area contributed by atoms with Crippen LogP contribution in [0.25, 0.3) is 10.9 Å². The number of hydrogen-bond donors (Lipinski definition) is 1. The predicted molar refractivity (Wildman–Crippen MR) is 52.2 cm³/mol. The van der Waals surface area contributed by atoms with Crippen LogP contribution in [0.2, 0.25) is 0 Å². The molecule has 1 N–H and O–H groups in total. The van der Waals surface area contributed by atoms with Crippen molar-refractivity contribution in [2.75, 3.05) is 0 Å². The number of halogens is 2. The van der Waals surface area contributed by atoms with Crippen molar-refractivity contribution in [1.82, 2.24) is 4.98 Å². The molecule has 0 amide bonds. The lowest BCUT2D eigenvalue weighted by Gasteiger charge is -1.97. The Labute approximate surface area is 80.7 Å². The summed E-state index contributed by atoms with van der Waals surface area (Å²) < 4.78 is 26.2. The Morgan fingerprint density at radius 2 is 2.07 bits per heavy atom. The second-order valence-corrected chi connectivity index (χ2v) is 3.37. The molecule has 2 rings (SSSR count). The molecule has 0 fully saturated rings. The van der Waals surface area contributed by atoms with E-state index in [1.807, 2.05) is 6.92 Å². The number of benzene rings is 1. The normalized spacial score (nSPS) is 11.1. The quantitative estimate of drug-likeness (QED) is 0.755. The zero-order chi connectivity index (χ0) is 10.1. The second kappa shape index (κ2) is 3.40. The lowest BCUT2D eigenvalue weighted by molar-refractivity contribution is 0.591. The van der Waals surface area contributed by atoms with E-state index in [9.17, 15) is 8.78 Å². The molecule has 1 heterocycles. The first-order valence-electron chi connectivity index (χ1n) is 4.67. The van der Waals surface area contributed by atoms with Gasteiger partial charge >= 0.3 is 0 Å². The van der Waals surface area contributed by atoms with Gasteiger partial charge in [0, 0.05) is 17.6 Å². The summed E-state index contributed by atoms with van der Waals surface area (Å²) in [4.78, 5) is 2.83. The molecule has 0 atom stereocenters. The standard InChI is InChI=1S/C11H11F2N/c1-2-3-7-6-14-11-9(7)4-8(12)5-10(11)13/h4-6,14H,2-3H2,1H3. The summed E-state index contributed by atoms with van der Waals surface area (Å²) in [6.45, 7) is 2.04. The summed E-state index contributed by atoms with van der Waals surface area (Å²) in [6, 6.07) is 2.27. The number of aromatic amines is 1. The van der Waals surface area contributed by atoms with Crippen molar-refractivity contribution in [3.63, 3.8) is 0 Å². The van der Waals surface area contributed by atoms with Gasteiger partial charge in [-0.25, -0.2) is 8.78 Å². The minimum absolute atomic E-state index is 0.398. The van der Waals surface area contributed by atoms with Gasteiger partial charge in [0.25, 0.3) is 0 Å². The van der Waals surface area contributed by atoms with Gasteiger partial charge in [0.2, 0.25) is 0 Å². The lowest BCUT2D eigenvalue weighted by atomic mass is 10.1. The molecule has 0 radical (unpaired) electrons. The molecule has 0 saturated carbocycles. The summed E-state index contributed by atoms with van der Waals surface area (Å²) in [5.41, 5.74) is 1.37. The molecular formula is C11H11F2N. The van der Waals surface area contributed by atoms with Gasteiger partial charge in [-0.1, -0.05) is 13.3 Å². The van der Waals surface area contributed by atoms with Crippen molar-refractivity contribution in [3.05, 3.63) is 35.5 Å². The number of aromatic nitrogens is 1. The summed E-state index contributed by atoms with van der Waals surface area (Å²) in [6.07, 6.45) is 3.55. The van der Waals surface area contributed by atoms with Gasteiger partial charge in [0.15, 0.2) is 0 Å². The van der Waals surface area contributed by atoms with E-state index in [2.05, 4.69) is 4.98 Å². The number of aryl methyl sites for hydroxylation is 1. The van der Waals surface area contributed by atoms with Crippen LogP contribution in [0.1, 0.15) is 18.9 Å². The maximum absolute atomic E-state index is 13.2. The van der Waals surface area contributed by atoms with Crippen molar-refractivity contribution >= 4 is 10.9 Å². The Morgan fingerprint density at radius 1 is 1.29 bits per heavy atom. The number of hydrogen-bond acceptors (Lipinski definition) is 0. The first kappa shape index (κ1) is 9.19. The lowest BCUT2D eigenvalue weighted by Crippen LogP contribution is -1.84. The smallest absolute Gasteiger partial charge is 0.150 e. The van der Waals surface area contributed by atoms with Crippen LogP contribution in [0.15, 0.2) is 18.3 Å². The molecule has 1 nitrogen and oxygen atoms in total. The third-order valence-corrected chi connectivity index (χ3v) is 2.31. The van der Waals surface area contributed by atoms with Crippen molar-refractivity contribution in [2.45, 2.75) is 19.8 Å². The molecular weight excluding hydrogens is 184 g/mol. The molecule has 2 aromatic rings. The van der Waals surface area contributed by atoms with E-state index in [1.54, 1.807) is 6.20 Å². The highest BCUT2D eigenvalue weighted by Crippen LogP contribution is 2.23. The van der Waals surface area contributed by atoms with E-state index in [4.69, 9.17) is 0 Å². The topological polar surface area (TPSA) is 15.8 Å². The van der Waals surface area contributed by atoms with Gasteiger partial charge in [-0.15, -0.1) is 0 Å². The Bertz CT molecular complexity index is 460. The van der Waals surface area contributed by atoms with Crippen LogP contribution < -0.4 is 0 Å². The maximum Gasteiger partial charge on any atom is 0.150 e. The fraction of sp³-hybridized carbons (Fsp3) is 0.273. The van der Waals surface area contributed by atoms with Crippen LogP contribution in [0.4, 0.5) is 8.78 Å². The van der Waals surface area contributed by atoms with Gasteiger partial charge in [-0.05, 0) is 18.1 Å². The van der Waals surface area contributed by atoms with Crippen LogP contribution >= 0.6 is 0 Å². The third-order valence-electron chi connectivity index (χ3n) is 2.31. The summed E-state index contributed by atoms with van der Waals surface area (Å²) >= 11 is 0. The van der Waals surface area contributed by atoms with Crippen LogP contribution in [0.3, 0.4) is 0 Å². The maximum atomic E-state index is 13.2. The number of fused-ring (bicyclic) bond motifs is 1. The van der Waals surface area contributed by atoms with E-state index in [0.29, 0.717) is 10.9 Å². The van der Waals surface area contributed by atoms with Crippen molar-refractivity contribution in [1.29, 1.82) is 0 Å². The van der Waals surface area contributed by atoms with E-state index in [1.165, 1.54) is 6.07 Å². The summed E-state index contributed by atoms with van der Waals surface area (Å²) in [5, 5.41) is 0.657. The minimum atomic E-state index is -0.526. The Balaban J connectivity index is 2.66. The number of rotatable bonds is 2. The SMILES string of the molecule is CCCc1c[nH]c2c(F)cc(F)cc12. The molecule has 74 valence electrons. The molecule has 0 unspecified atom stereocenters. The highest BCUT2D eigenvalue weighted by atomic mass is 19.1. The van der Waals surface area contributed by atoms with Crippen molar-refractivity contribution in [2.24, 2.45) is 0 Å². The Hall–Kier alpha value is -1.38. The first-order valence-corrected chi connectivity index (χ1v) is 4.67. The van der Waals surface area contributed by atoms with Gasteiger partial charge < -0.3 is 4.98 Å². The van der Waals surface area contributed by atoms with Crippen LogP contribution in [0.5, 0.6) is 0 Å². The first-order chi connectivity index (χ1) is 6.72. The Morgan fingerprint density at radius 3 is 2.79 bits per heavy atom. The molecule has 3 heteroatoms. The van der Waals surface area contributed by atoms with Crippen LogP contribution in [-0.2, 0) is 6.42 Å². The van der Waals surface area contributed by atoms with E-state index in [-0.39, 0.29) is 0 Å². The van der Waals surface area contributed by atoms with Crippen LogP contribution in [0, 0.1) is 11.6 Å². The van der Waals surface area contributed by atoms with Gasteiger partial charge in [0.05, 0.1) is 5.52 Å². The molecule has 0 spiro atoms. The van der Waals surface area contributed by atoms with Gasteiger partial charge in [0.1, 0.15) is 11.6 Å². The van der Waals surface area contributed by atoms with Gasteiger partial charge in [-0.3, -0.25) is 0 Å². The summed E-state index contributed by atoms with van der Waals surface area (Å²) in [7, 11) is 0. The summed E-state index contributed by atoms with van der Waals surface area (Å²) in [5.74, 6) is -1.05. The van der Waals surface area contributed by atoms with Crippen molar-refractivity contribution < 1.29 is 8.78 Å². The highest BCUT2D eigenvalue weighted by Gasteiger charge is 2.08. The monoisotopic (exact) mass is 195 g/mol. The van der Waals surface area contributed by atoms with Crippen molar-refractivity contribution in [3.8, 4) is 0 Å². The molecule has 14 heavy (non-hydrogen) atoms. The molecule has 0 aliphatic heterocycles. The minimum Gasteiger partial charge on any atom is -0.359 e. The Kier molecular flexibility index (Phi) is 2.23. The molecule has 1 aromatic carbocycles. The van der Waals surface area contributed by atoms with Gasteiger partial charge in [-0.2, -0.15) is 0 Å². The molecule has 0 aliphatic rings. The molecule has 1 aromatic heterocycles. The molecule has 0 bridgehead atoms. The van der Waals surface area contributed by atoms with E-state index >= 15 is 0 Å². The average Bonchev–Trinajstić information content (AvgIpc) is 2.49. The average molecular weight is 195 g/mol. The fourth-order valence-corrected chi connectivity index (χ4v) is 1.69. The third kappa shape index (κ3) is 1.39. The zero-order valence-corrected chi connectivity index (χ0v) is 7.90. The fourth-order valence-electron chi connectivity index (χ4n) is 1.69. The highest BCUT2D eigenvalue weighted by molar-refractivity contribution is 5.83. The van der Waals surface area contributed by atoms with E-state index in [0.717, 1.165) is 24.5 Å². The molecule has 0 saturated heterocycles. The molecule has 0 aliphatic carbocycles. The second-order valence-electron chi connectivity index (χ2n) is 3.37. The zero-order valence-electron chi connectivity index (χ0n) is 7.90. The largest absolute Gasteiger partial charge is 0.359 e. The van der Waals surface area contributed by atoms with Crippen LogP contribution in [-0.4, -0.2) is 4.98 Å². The van der Waals surface area contributed by atoms with E-state index < -0.39 is 11.6 Å². The number of nitrogens with one attached hydrogen (secondary N) is 1.